The third-order valence-electron chi connectivity index (χ3n) is 4.68. The third-order valence-corrected chi connectivity index (χ3v) is 4.68. The summed E-state index contributed by atoms with van der Waals surface area (Å²) in [6, 6.07) is 5.85. The van der Waals surface area contributed by atoms with Crippen LogP contribution in [0.3, 0.4) is 0 Å². The van der Waals surface area contributed by atoms with Gasteiger partial charge in [-0.05, 0) is 30.7 Å². The Balaban J connectivity index is 1.62. The molecule has 24 heavy (non-hydrogen) atoms. The van der Waals surface area contributed by atoms with Crippen molar-refractivity contribution in [3.8, 4) is 5.75 Å². The zero-order chi connectivity index (χ0) is 17.3. The number of aliphatic carboxylic acids is 1. The molecule has 0 aromatic heterocycles. The average molecular weight is 334 g/mol. The number of nitro benzene ring substituents is 1. The Kier molecular flexibility index (Phi) is 4.37. The number of hydrogen-bond donors (Lipinski definition) is 1. The highest BCUT2D eigenvalue weighted by Crippen LogP contribution is 2.44. The van der Waals surface area contributed by atoms with Crippen LogP contribution in [-0.2, 0) is 9.59 Å². The number of carbonyl (C=O) groups is 2. The molecule has 1 heterocycles. The molecule has 0 unspecified atom stereocenters. The van der Waals surface area contributed by atoms with E-state index >= 15 is 0 Å². The van der Waals surface area contributed by atoms with Gasteiger partial charge in [-0.1, -0.05) is 12.1 Å². The van der Waals surface area contributed by atoms with Gasteiger partial charge in [-0.15, -0.1) is 0 Å². The quantitative estimate of drug-likeness (QED) is 0.624. The van der Waals surface area contributed by atoms with E-state index in [1.54, 1.807) is 6.07 Å². The summed E-state index contributed by atoms with van der Waals surface area (Å²) in [6.07, 6.45) is 2.03. The molecule has 8 heteroatoms. The van der Waals surface area contributed by atoms with Crippen LogP contribution in [-0.4, -0.2) is 46.5 Å². The Morgan fingerprint density at radius 2 is 2.00 bits per heavy atom. The summed E-state index contributed by atoms with van der Waals surface area (Å²) in [5, 5.41) is 20.3. The Morgan fingerprint density at radius 3 is 2.62 bits per heavy atom. The van der Waals surface area contributed by atoms with Gasteiger partial charge in [0, 0.05) is 19.2 Å². The van der Waals surface area contributed by atoms with E-state index in [0.29, 0.717) is 12.5 Å². The van der Waals surface area contributed by atoms with Gasteiger partial charge >= 0.3 is 11.7 Å². The van der Waals surface area contributed by atoms with Crippen LogP contribution >= 0.6 is 0 Å². The first-order valence-electron chi connectivity index (χ1n) is 7.84. The van der Waals surface area contributed by atoms with E-state index in [1.807, 2.05) is 0 Å². The number of para-hydroxylation sites is 2. The van der Waals surface area contributed by atoms with Crippen LogP contribution in [0.5, 0.6) is 5.75 Å². The number of carbonyl (C=O) groups excluding carboxylic acids is 1. The fourth-order valence-electron chi connectivity index (χ4n) is 3.26. The van der Waals surface area contributed by atoms with Crippen molar-refractivity contribution in [2.45, 2.75) is 12.8 Å². The molecule has 1 saturated carbocycles. The van der Waals surface area contributed by atoms with E-state index in [9.17, 15) is 24.8 Å². The molecule has 1 N–H and O–H groups in total. The molecule has 1 saturated heterocycles. The van der Waals surface area contributed by atoms with Gasteiger partial charge in [-0.25, -0.2) is 0 Å². The number of benzene rings is 1. The molecule has 128 valence electrons. The molecule has 2 atom stereocenters. The second-order valence-electron chi connectivity index (χ2n) is 6.26. The molecule has 0 bridgehead atoms. The number of amides is 1. The van der Waals surface area contributed by atoms with Crippen molar-refractivity contribution in [2.75, 3.05) is 19.7 Å². The lowest BCUT2D eigenvalue weighted by molar-refractivity contribution is -0.385. The van der Waals surface area contributed by atoms with Gasteiger partial charge in [0.05, 0.1) is 10.8 Å². The largest absolute Gasteiger partial charge is 0.481 e. The molecular formula is C16H18N2O6. The van der Waals surface area contributed by atoms with E-state index in [0.717, 1.165) is 12.8 Å². The molecule has 1 aromatic rings. The van der Waals surface area contributed by atoms with Gasteiger partial charge in [-0.3, -0.25) is 19.7 Å². The number of nitrogens with zero attached hydrogens (tertiary/aromatic N) is 2. The summed E-state index contributed by atoms with van der Waals surface area (Å²) in [7, 11) is 0. The maximum Gasteiger partial charge on any atom is 0.310 e. The van der Waals surface area contributed by atoms with Crippen molar-refractivity contribution in [3.05, 3.63) is 34.4 Å². The summed E-state index contributed by atoms with van der Waals surface area (Å²) < 4.78 is 5.30. The van der Waals surface area contributed by atoms with Crippen LogP contribution in [0.1, 0.15) is 12.8 Å². The van der Waals surface area contributed by atoms with Crippen molar-refractivity contribution >= 4 is 17.6 Å². The molecule has 1 aliphatic carbocycles. The predicted molar refractivity (Wildman–Crippen MR) is 82.5 cm³/mol. The average Bonchev–Trinajstić information content (AvgIpc) is 3.30. The second-order valence-corrected chi connectivity index (χ2v) is 6.26. The zero-order valence-electron chi connectivity index (χ0n) is 13.0. The minimum atomic E-state index is -0.873. The SMILES string of the molecule is O=C(O)[C@H]1CN(C(=O)COc2ccccc2[N+](=O)[O-])C[C@@H]1C1CC1. The maximum absolute atomic E-state index is 12.3. The fourth-order valence-corrected chi connectivity index (χ4v) is 3.26. The maximum atomic E-state index is 12.3. The highest BCUT2D eigenvalue weighted by Gasteiger charge is 2.46. The first kappa shape index (κ1) is 16.2. The van der Waals surface area contributed by atoms with Gasteiger partial charge in [0.25, 0.3) is 5.91 Å². The summed E-state index contributed by atoms with van der Waals surface area (Å²) in [6.45, 7) is 0.255. The molecule has 1 aromatic carbocycles. The number of carboxylic acid groups (broad SMARTS) is 1. The highest BCUT2D eigenvalue weighted by molar-refractivity contribution is 5.80. The van der Waals surface area contributed by atoms with Crippen LogP contribution in [0.15, 0.2) is 24.3 Å². The van der Waals surface area contributed by atoms with E-state index in [-0.39, 0.29) is 36.4 Å². The predicted octanol–water partition coefficient (Wildman–Crippen LogP) is 1.54. The van der Waals surface area contributed by atoms with Gasteiger partial charge < -0.3 is 14.7 Å². The second kappa shape index (κ2) is 6.46. The Morgan fingerprint density at radius 1 is 1.29 bits per heavy atom. The summed E-state index contributed by atoms with van der Waals surface area (Å²) >= 11 is 0. The van der Waals surface area contributed by atoms with Gasteiger partial charge in [-0.2, -0.15) is 0 Å². The summed E-state index contributed by atoms with van der Waals surface area (Å²) in [5.74, 6) is -1.34. The number of hydrogen-bond acceptors (Lipinski definition) is 5. The highest BCUT2D eigenvalue weighted by atomic mass is 16.6. The minimum absolute atomic E-state index is 0.00230. The standard InChI is InChI=1S/C16H18N2O6/c19-15(9-24-14-4-2-1-3-13(14)18(22)23)17-7-11(10-5-6-10)12(8-17)16(20)21/h1-4,10-12H,5-9H2,(H,20,21)/t11-,12+/m1/s1. The molecule has 3 rings (SSSR count). The monoisotopic (exact) mass is 334 g/mol. The summed E-state index contributed by atoms with van der Waals surface area (Å²) in [5.41, 5.74) is -0.203. The van der Waals surface area contributed by atoms with Gasteiger partial charge in [0.15, 0.2) is 12.4 Å². The van der Waals surface area contributed by atoms with Crippen molar-refractivity contribution < 1.29 is 24.4 Å². The van der Waals surface area contributed by atoms with Crippen molar-refractivity contribution in [1.82, 2.24) is 4.90 Å². The first-order chi connectivity index (χ1) is 11.5. The van der Waals surface area contributed by atoms with E-state index in [2.05, 4.69) is 0 Å². The molecule has 2 fully saturated rings. The Labute approximate surface area is 138 Å². The molecule has 8 nitrogen and oxygen atoms in total. The van der Waals surface area contributed by atoms with Crippen LogP contribution in [0.4, 0.5) is 5.69 Å². The number of ether oxygens (including phenoxy) is 1. The lowest BCUT2D eigenvalue weighted by Gasteiger charge is -2.16. The topological polar surface area (TPSA) is 110 Å². The smallest absolute Gasteiger partial charge is 0.310 e. The molecule has 1 aliphatic heterocycles. The van der Waals surface area contributed by atoms with Gasteiger partial charge in [0.1, 0.15) is 0 Å². The normalized spacial score (nSPS) is 23.1. The fraction of sp³-hybridized carbons (Fsp3) is 0.500. The molecule has 0 radical (unpaired) electrons. The van der Waals surface area contributed by atoms with Crippen molar-refractivity contribution in [2.24, 2.45) is 17.8 Å². The molecular weight excluding hydrogens is 316 g/mol. The Hall–Kier alpha value is -2.64. The number of likely N-dealkylation sites (tertiary alicyclic amines) is 1. The number of carboxylic acids is 1. The lowest BCUT2D eigenvalue weighted by atomic mass is 9.92. The third kappa shape index (κ3) is 3.32. The molecule has 0 spiro atoms. The van der Waals surface area contributed by atoms with Crippen molar-refractivity contribution in [3.63, 3.8) is 0 Å². The van der Waals surface area contributed by atoms with E-state index in [4.69, 9.17) is 4.74 Å². The van der Waals surface area contributed by atoms with Crippen LogP contribution in [0.2, 0.25) is 0 Å². The van der Waals surface area contributed by atoms with Crippen LogP contribution in [0, 0.1) is 27.9 Å². The molecule has 1 amide bonds. The number of rotatable bonds is 6. The summed E-state index contributed by atoms with van der Waals surface area (Å²) in [4.78, 5) is 35.5. The van der Waals surface area contributed by atoms with E-state index < -0.39 is 16.8 Å². The van der Waals surface area contributed by atoms with Crippen LogP contribution < -0.4 is 4.74 Å². The van der Waals surface area contributed by atoms with E-state index in [1.165, 1.54) is 23.1 Å². The molecule has 2 aliphatic rings. The minimum Gasteiger partial charge on any atom is -0.481 e. The lowest BCUT2D eigenvalue weighted by Crippen LogP contribution is -2.34. The first-order valence-corrected chi connectivity index (χ1v) is 7.84. The van der Waals surface area contributed by atoms with Crippen LogP contribution in [0.25, 0.3) is 0 Å². The van der Waals surface area contributed by atoms with Gasteiger partial charge in [0.2, 0.25) is 0 Å². The van der Waals surface area contributed by atoms with Crippen molar-refractivity contribution in [1.29, 1.82) is 0 Å². The zero-order valence-corrected chi connectivity index (χ0v) is 13.0. The number of nitro groups is 1. The Bertz CT molecular complexity index is 672.